The Bertz CT molecular complexity index is 434. The van der Waals surface area contributed by atoms with Crippen molar-refractivity contribution >= 4 is 21.9 Å². The molecule has 2 N–H and O–H groups in total. The average Bonchev–Trinajstić information content (AvgIpc) is 2.76. The number of nitrogens with zero attached hydrogens (tertiary/aromatic N) is 1. The van der Waals surface area contributed by atoms with Crippen LogP contribution in [0.4, 0.5) is 0 Å². The van der Waals surface area contributed by atoms with Crippen LogP contribution in [0.3, 0.4) is 0 Å². The molecular formula is C10H18N2O5S. The van der Waals surface area contributed by atoms with Crippen molar-refractivity contribution in [2.75, 3.05) is 12.3 Å². The molecule has 0 saturated carbocycles. The number of carbonyl (C=O) groups is 2. The SMILES string of the molecule is CCS(=O)(=O)N[C@@H](C)C(=O)N1CCCC1C(=O)O. The largest absolute Gasteiger partial charge is 0.480 e. The summed E-state index contributed by atoms with van der Waals surface area (Å²) in [6.07, 6.45) is 1.03. The minimum absolute atomic E-state index is 0.118. The van der Waals surface area contributed by atoms with Gasteiger partial charge in [0.05, 0.1) is 11.8 Å². The lowest BCUT2D eigenvalue weighted by molar-refractivity contribution is -0.148. The number of rotatable bonds is 5. The molecule has 0 aromatic rings. The van der Waals surface area contributed by atoms with E-state index in [-0.39, 0.29) is 5.75 Å². The molecule has 18 heavy (non-hydrogen) atoms. The number of carbonyl (C=O) groups excluding carboxylic acids is 1. The van der Waals surface area contributed by atoms with Gasteiger partial charge in [0.15, 0.2) is 0 Å². The number of sulfonamides is 1. The summed E-state index contributed by atoms with van der Waals surface area (Å²) in [6.45, 7) is 3.25. The first-order chi connectivity index (χ1) is 8.28. The lowest BCUT2D eigenvalue weighted by atomic mass is 10.2. The van der Waals surface area contributed by atoms with E-state index < -0.39 is 34.0 Å². The van der Waals surface area contributed by atoms with Crippen LogP contribution in [0.2, 0.25) is 0 Å². The first-order valence-corrected chi connectivity index (χ1v) is 7.47. The van der Waals surface area contributed by atoms with Crippen molar-refractivity contribution < 1.29 is 23.1 Å². The van der Waals surface area contributed by atoms with Gasteiger partial charge >= 0.3 is 5.97 Å². The van der Waals surface area contributed by atoms with Crippen molar-refractivity contribution in [2.45, 2.75) is 38.8 Å². The fourth-order valence-electron chi connectivity index (χ4n) is 1.94. The topological polar surface area (TPSA) is 104 Å². The van der Waals surface area contributed by atoms with E-state index in [4.69, 9.17) is 5.11 Å². The molecule has 8 heteroatoms. The Balaban J connectivity index is 2.72. The fraction of sp³-hybridized carbons (Fsp3) is 0.800. The van der Waals surface area contributed by atoms with Gasteiger partial charge in [0.1, 0.15) is 6.04 Å². The summed E-state index contributed by atoms with van der Waals surface area (Å²) in [6, 6.07) is -1.78. The molecule has 104 valence electrons. The van der Waals surface area contributed by atoms with Crippen molar-refractivity contribution in [3.8, 4) is 0 Å². The van der Waals surface area contributed by atoms with E-state index in [1.54, 1.807) is 0 Å². The molecule has 1 aliphatic heterocycles. The van der Waals surface area contributed by atoms with Gasteiger partial charge in [-0.15, -0.1) is 0 Å². The second kappa shape index (κ2) is 5.66. The summed E-state index contributed by atoms with van der Waals surface area (Å²) in [7, 11) is -3.48. The third kappa shape index (κ3) is 3.42. The van der Waals surface area contributed by atoms with Crippen molar-refractivity contribution in [1.29, 1.82) is 0 Å². The zero-order valence-corrected chi connectivity index (χ0v) is 11.2. The van der Waals surface area contributed by atoms with Crippen LogP contribution in [0.25, 0.3) is 0 Å². The molecule has 1 heterocycles. The molecule has 1 fully saturated rings. The van der Waals surface area contributed by atoms with Crippen molar-refractivity contribution in [1.82, 2.24) is 9.62 Å². The third-order valence-electron chi connectivity index (χ3n) is 2.93. The average molecular weight is 278 g/mol. The Kier molecular flexibility index (Phi) is 4.69. The van der Waals surface area contributed by atoms with Crippen LogP contribution in [-0.2, 0) is 19.6 Å². The quantitative estimate of drug-likeness (QED) is 0.698. The van der Waals surface area contributed by atoms with Gasteiger partial charge in [0, 0.05) is 6.54 Å². The predicted molar refractivity (Wildman–Crippen MR) is 64.4 cm³/mol. The molecule has 0 spiro atoms. The van der Waals surface area contributed by atoms with Crippen molar-refractivity contribution in [3.05, 3.63) is 0 Å². The van der Waals surface area contributed by atoms with E-state index in [1.165, 1.54) is 18.7 Å². The van der Waals surface area contributed by atoms with Crippen LogP contribution < -0.4 is 4.72 Å². The van der Waals surface area contributed by atoms with Gasteiger partial charge < -0.3 is 10.0 Å². The molecule has 0 aromatic heterocycles. The molecule has 1 rings (SSSR count). The van der Waals surface area contributed by atoms with Gasteiger partial charge in [-0.25, -0.2) is 17.9 Å². The highest BCUT2D eigenvalue weighted by Gasteiger charge is 2.36. The lowest BCUT2D eigenvalue weighted by Gasteiger charge is -2.25. The smallest absolute Gasteiger partial charge is 0.326 e. The highest BCUT2D eigenvalue weighted by Crippen LogP contribution is 2.18. The number of nitrogens with one attached hydrogen (secondary N) is 1. The van der Waals surface area contributed by atoms with E-state index >= 15 is 0 Å². The van der Waals surface area contributed by atoms with Crippen LogP contribution in [0, 0.1) is 0 Å². The predicted octanol–water partition coefficient (Wildman–Crippen LogP) is -0.610. The Labute approximate surface area is 106 Å². The molecule has 1 aliphatic rings. The molecule has 0 radical (unpaired) electrons. The Morgan fingerprint density at radius 1 is 1.50 bits per heavy atom. The molecule has 1 unspecified atom stereocenters. The van der Waals surface area contributed by atoms with Crippen LogP contribution in [0.5, 0.6) is 0 Å². The molecule has 1 amide bonds. The molecule has 0 bridgehead atoms. The summed E-state index contributed by atoms with van der Waals surface area (Å²) >= 11 is 0. The Morgan fingerprint density at radius 2 is 2.11 bits per heavy atom. The Hall–Kier alpha value is -1.15. The van der Waals surface area contributed by atoms with E-state index in [0.29, 0.717) is 19.4 Å². The van der Waals surface area contributed by atoms with Gasteiger partial charge in [-0.2, -0.15) is 0 Å². The molecule has 0 aromatic carbocycles. The third-order valence-corrected chi connectivity index (χ3v) is 4.40. The van der Waals surface area contributed by atoms with Gasteiger partial charge in [0.25, 0.3) is 0 Å². The fourth-order valence-corrected chi connectivity index (χ4v) is 2.75. The van der Waals surface area contributed by atoms with E-state index in [0.717, 1.165) is 0 Å². The zero-order valence-electron chi connectivity index (χ0n) is 10.4. The first kappa shape index (κ1) is 14.9. The van der Waals surface area contributed by atoms with Gasteiger partial charge in [0.2, 0.25) is 15.9 Å². The summed E-state index contributed by atoms with van der Waals surface area (Å²) in [5, 5.41) is 8.96. The summed E-state index contributed by atoms with van der Waals surface area (Å²) in [5.74, 6) is -1.66. The van der Waals surface area contributed by atoms with Crippen molar-refractivity contribution in [3.63, 3.8) is 0 Å². The monoisotopic (exact) mass is 278 g/mol. The van der Waals surface area contributed by atoms with E-state index in [2.05, 4.69) is 4.72 Å². The van der Waals surface area contributed by atoms with E-state index in [9.17, 15) is 18.0 Å². The molecule has 0 aliphatic carbocycles. The van der Waals surface area contributed by atoms with Crippen LogP contribution >= 0.6 is 0 Å². The minimum atomic E-state index is -3.48. The maximum Gasteiger partial charge on any atom is 0.326 e. The van der Waals surface area contributed by atoms with Crippen LogP contribution in [0.1, 0.15) is 26.7 Å². The van der Waals surface area contributed by atoms with Crippen LogP contribution in [-0.4, -0.2) is 54.7 Å². The summed E-state index contributed by atoms with van der Waals surface area (Å²) in [4.78, 5) is 24.2. The lowest BCUT2D eigenvalue weighted by Crippen LogP contribution is -2.50. The van der Waals surface area contributed by atoms with Gasteiger partial charge in [-0.05, 0) is 26.7 Å². The van der Waals surface area contributed by atoms with E-state index in [1.807, 2.05) is 0 Å². The molecule has 7 nitrogen and oxygen atoms in total. The minimum Gasteiger partial charge on any atom is -0.480 e. The number of hydrogen-bond donors (Lipinski definition) is 2. The molecule has 2 atom stereocenters. The van der Waals surface area contributed by atoms with Gasteiger partial charge in [-0.3, -0.25) is 4.79 Å². The maximum atomic E-state index is 12.0. The molecule has 1 saturated heterocycles. The first-order valence-electron chi connectivity index (χ1n) is 5.81. The van der Waals surface area contributed by atoms with Crippen molar-refractivity contribution in [2.24, 2.45) is 0 Å². The molecular weight excluding hydrogens is 260 g/mol. The number of carboxylic acid groups (broad SMARTS) is 1. The van der Waals surface area contributed by atoms with Crippen LogP contribution in [0.15, 0.2) is 0 Å². The second-order valence-electron chi connectivity index (χ2n) is 4.27. The maximum absolute atomic E-state index is 12.0. The van der Waals surface area contributed by atoms with Gasteiger partial charge in [-0.1, -0.05) is 0 Å². The number of amides is 1. The number of likely N-dealkylation sites (tertiary alicyclic amines) is 1. The summed E-state index contributed by atoms with van der Waals surface area (Å²) in [5.41, 5.74) is 0. The Morgan fingerprint density at radius 3 is 2.61 bits per heavy atom. The number of hydrogen-bond acceptors (Lipinski definition) is 4. The normalized spacial score (nSPS) is 21.9. The number of aliphatic carboxylic acids is 1. The number of carboxylic acids is 1. The summed E-state index contributed by atoms with van der Waals surface area (Å²) < 4.78 is 24.9. The highest BCUT2D eigenvalue weighted by molar-refractivity contribution is 7.89. The zero-order chi connectivity index (χ0) is 13.9. The highest BCUT2D eigenvalue weighted by atomic mass is 32.2. The second-order valence-corrected chi connectivity index (χ2v) is 6.31. The standard InChI is InChI=1S/C10H18N2O5S/c1-3-18(16,17)11-7(2)9(13)12-6-4-5-8(12)10(14)15/h7-8,11H,3-6H2,1-2H3,(H,14,15)/t7-,8?/m0/s1.